The van der Waals surface area contributed by atoms with E-state index in [4.69, 9.17) is 0 Å². The van der Waals surface area contributed by atoms with E-state index in [2.05, 4.69) is 30.3 Å². The van der Waals surface area contributed by atoms with Crippen molar-refractivity contribution in [1.82, 2.24) is 20.3 Å². The fraction of sp³-hybridized carbons (Fsp3) is 0.222. The molecule has 4 aromatic rings. The molecular weight excluding hydrogens is 499 g/mol. The van der Waals surface area contributed by atoms with Gasteiger partial charge in [-0.25, -0.2) is 15.0 Å². The van der Waals surface area contributed by atoms with E-state index in [1.807, 2.05) is 12.1 Å². The minimum Gasteiger partial charge on any atom is -0.468 e. The zero-order valence-electron chi connectivity index (χ0n) is 20.0. The smallest absolute Gasteiger partial charge is 0.422 e. The number of hydrogen-bond donors (Lipinski definition) is 2. The lowest BCUT2D eigenvalue weighted by molar-refractivity contribution is -0.154. The fourth-order valence-electron chi connectivity index (χ4n) is 4.28. The number of nitrogens with zero attached hydrogens (tertiary/aromatic N) is 3. The summed E-state index contributed by atoms with van der Waals surface area (Å²) < 4.78 is 41.8. The number of carbonyl (C=O) groups is 2. The molecule has 1 aliphatic carbocycles. The standard InChI is InChI=1S/C27H22F3N5O3/c28-27(29,30)15-38-23-4-1-3-22(34-23)25(37)33-20-8-6-19(7-9-20)26(11-2-12-26)35-24(36)17-5-10-21-18(13-17)14-31-16-32-21/h1,3-10,13-14,16H,2,11-12,15H2,(H,33,37)(H,35,36). The first kappa shape index (κ1) is 25.1. The van der Waals surface area contributed by atoms with Crippen molar-refractivity contribution >= 4 is 28.4 Å². The summed E-state index contributed by atoms with van der Waals surface area (Å²) in [5.74, 6) is -1.10. The summed E-state index contributed by atoms with van der Waals surface area (Å²) in [5, 5.41) is 6.62. The van der Waals surface area contributed by atoms with Crippen LogP contribution in [0.15, 0.2) is 73.2 Å². The number of amides is 2. The first-order chi connectivity index (χ1) is 18.2. The lowest BCUT2D eigenvalue weighted by Gasteiger charge is -2.43. The topological polar surface area (TPSA) is 106 Å². The Morgan fingerprint density at radius 3 is 2.50 bits per heavy atom. The van der Waals surface area contributed by atoms with E-state index in [0.717, 1.165) is 35.7 Å². The van der Waals surface area contributed by atoms with Crippen LogP contribution in [0.2, 0.25) is 0 Å². The molecule has 1 aliphatic rings. The van der Waals surface area contributed by atoms with E-state index in [1.54, 1.807) is 36.5 Å². The van der Waals surface area contributed by atoms with Gasteiger partial charge in [-0.05, 0) is 61.2 Å². The van der Waals surface area contributed by atoms with Gasteiger partial charge in [-0.15, -0.1) is 0 Å². The van der Waals surface area contributed by atoms with Gasteiger partial charge in [0.05, 0.1) is 11.1 Å². The van der Waals surface area contributed by atoms with E-state index >= 15 is 0 Å². The van der Waals surface area contributed by atoms with Gasteiger partial charge in [0.1, 0.15) is 12.0 Å². The monoisotopic (exact) mass is 521 g/mol. The maximum atomic E-state index is 13.1. The number of nitrogens with one attached hydrogen (secondary N) is 2. The third-order valence-electron chi connectivity index (χ3n) is 6.36. The van der Waals surface area contributed by atoms with E-state index in [9.17, 15) is 22.8 Å². The second-order valence-electron chi connectivity index (χ2n) is 8.98. The van der Waals surface area contributed by atoms with Crippen molar-refractivity contribution < 1.29 is 27.5 Å². The molecule has 2 amide bonds. The van der Waals surface area contributed by atoms with Crippen LogP contribution < -0.4 is 15.4 Å². The molecule has 8 nitrogen and oxygen atoms in total. The molecule has 194 valence electrons. The number of rotatable bonds is 7. The molecule has 0 unspecified atom stereocenters. The molecule has 2 heterocycles. The maximum Gasteiger partial charge on any atom is 0.422 e. The van der Waals surface area contributed by atoms with Crippen LogP contribution in [0.25, 0.3) is 10.9 Å². The summed E-state index contributed by atoms with van der Waals surface area (Å²) in [6, 6.07) is 16.4. The summed E-state index contributed by atoms with van der Waals surface area (Å²) in [7, 11) is 0. The van der Waals surface area contributed by atoms with Crippen LogP contribution in [0.1, 0.15) is 45.7 Å². The molecule has 2 aromatic carbocycles. The Balaban J connectivity index is 1.26. The molecule has 1 fully saturated rings. The van der Waals surface area contributed by atoms with Gasteiger partial charge in [0.25, 0.3) is 11.8 Å². The lowest BCUT2D eigenvalue weighted by Crippen LogP contribution is -2.50. The Labute approximate surface area is 215 Å². The predicted octanol–water partition coefficient (Wildman–Crippen LogP) is 5.03. The van der Waals surface area contributed by atoms with Crippen molar-refractivity contribution in [3.05, 3.63) is 90.0 Å². The van der Waals surface area contributed by atoms with Crippen molar-refractivity contribution in [2.75, 3.05) is 11.9 Å². The van der Waals surface area contributed by atoms with Crippen LogP contribution >= 0.6 is 0 Å². The molecule has 0 bridgehead atoms. The summed E-state index contributed by atoms with van der Waals surface area (Å²) >= 11 is 0. The maximum absolute atomic E-state index is 13.1. The molecule has 0 spiro atoms. The molecule has 5 rings (SSSR count). The van der Waals surface area contributed by atoms with E-state index < -0.39 is 24.2 Å². The van der Waals surface area contributed by atoms with E-state index in [-0.39, 0.29) is 17.5 Å². The van der Waals surface area contributed by atoms with E-state index in [1.165, 1.54) is 24.5 Å². The summed E-state index contributed by atoms with van der Waals surface area (Å²) in [5.41, 5.74) is 2.03. The van der Waals surface area contributed by atoms with Gasteiger partial charge in [0.15, 0.2) is 6.61 Å². The molecule has 0 radical (unpaired) electrons. The average Bonchev–Trinajstić information content (AvgIpc) is 2.89. The third-order valence-corrected chi connectivity index (χ3v) is 6.36. The highest BCUT2D eigenvalue weighted by Crippen LogP contribution is 2.42. The van der Waals surface area contributed by atoms with Crippen LogP contribution in [0.3, 0.4) is 0 Å². The Bertz CT molecular complexity index is 1490. The largest absolute Gasteiger partial charge is 0.468 e. The number of carbonyl (C=O) groups excluding carboxylic acids is 2. The first-order valence-electron chi connectivity index (χ1n) is 11.8. The number of hydrogen-bond acceptors (Lipinski definition) is 6. The van der Waals surface area contributed by atoms with Gasteiger partial charge in [0.2, 0.25) is 5.88 Å². The van der Waals surface area contributed by atoms with Crippen molar-refractivity contribution in [2.24, 2.45) is 0 Å². The molecule has 2 N–H and O–H groups in total. The van der Waals surface area contributed by atoms with Crippen molar-refractivity contribution in [2.45, 2.75) is 31.0 Å². The zero-order valence-corrected chi connectivity index (χ0v) is 20.0. The summed E-state index contributed by atoms with van der Waals surface area (Å²) in [6.07, 6.45) is 1.11. The highest BCUT2D eigenvalue weighted by atomic mass is 19.4. The first-order valence-corrected chi connectivity index (χ1v) is 11.8. The second-order valence-corrected chi connectivity index (χ2v) is 8.98. The Morgan fingerprint density at radius 2 is 1.79 bits per heavy atom. The summed E-state index contributed by atoms with van der Waals surface area (Å²) in [4.78, 5) is 37.7. The molecule has 1 saturated carbocycles. The molecule has 2 aromatic heterocycles. The third kappa shape index (κ3) is 5.56. The highest BCUT2D eigenvalue weighted by Gasteiger charge is 2.40. The minimum absolute atomic E-state index is 0.0859. The van der Waals surface area contributed by atoms with Crippen LogP contribution in [0, 0.1) is 0 Å². The van der Waals surface area contributed by atoms with Crippen molar-refractivity contribution in [3.63, 3.8) is 0 Å². The summed E-state index contributed by atoms with van der Waals surface area (Å²) in [6.45, 7) is -1.50. The number of aromatic nitrogens is 3. The van der Waals surface area contributed by atoms with Gasteiger partial charge >= 0.3 is 6.18 Å². The normalized spacial score (nSPS) is 14.4. The fourth-order valence-corrected chi connectivity index (χ4v) is 4.28. The lowest BCUT2D eigenvalue weighted by atomic mass is 9.71. The number of ether oxygens (including phenoxy) is 1. The SMILES string of the molecule is O=C(NC1(c2ccc(NC(=O)c3cccc(OCC(F)(F)F)n3)cc2)CCC1)c1ccc2ncncc2c1. The molecule has 0 aliphatic heterocycles. The number of pyridine rings is 1. The molecular formula is C27H22F3N5O3. The average molecular weight is 521 g/mol. The van der Waals surface area contributed by atoms with Gasteiger partial charge in [0, 0.05) is 28.9 Å². The number of fused-ring (bicyclic) bond motifs is 1. The van der Waals surface area contributed by atoms with Crippen LogP contribution in [-0.2, 0) is 5.54 Å². The van der Waals surface area contributed by atoms with Crippen LogP contribution in [0.4, 0.5) is 18.9 Å². The Hall–Kier alpha value is -4.54. The Morgan fingerprint density at radius 1 is 1.00 bits per heavy atom. The van der Waals surface area contributed by atoms with E-state index in [0.29, 0.717) is 11.3 Å². The van der Waals surface area contributed by atoms with Gasteiger partial charge < -0.3 is 15.4 Å². The molecule has 0 saturated heterocycles. The predicted molar refractivity (Wildman–Crippen MR) is 133 cm³/mol. The van der Waals surface area contributed by atoms with Crippen LogP contribution in [-0.4, -0.2) is 39.5 Å². The highest BCUT2D eigenvalue weighted by molar-refractivity contribution is 6.03. The Kier molecular flexibility index (Phi) is 6.66. The van der Waals surface area contributed by atoms with Crippen molar-refractivity contribution in [1.29, 1.82) is 0 Å². The quantitative estimate of drug-likeness (QED) is 0.354. The molecule has 38 heavy (non-hydrogen) atoms. The molecule has 0 atom stereocenters. The van der Waals surface area contributed by atoms with Crippen LogP contribution in [0.5, 0.6) is 5.88 Å². The second kappa shape index (κ2) is 10.1. The number of anilines is 1. The zero-order chi connectivity index (χ0) is 26.8. The number of alkyl halides is 3. The molecule has 11 heteroatoms. The van der Waals surface area contributed by atoms with Gasteiger partial charge in [-0.2, -0.15) is 13.2 Å². The van der Waals surface area contributed by atoms with Gasteiger partial charge in [-0.3, -0.25) is 9.59 Å². The number of benzene rings is 2. The van der Waals surface area contributed by atoms with Crippen molar-refractivity contribution in [3.8, 4) is 5.88 Å². The minimum atomic E-state index is -4.51. The number of halogens is 3. The van der Waals surface area contributed by atoms with Gasteiger partial charge in [-0.1, -0.05) is 18.2 Å².